The maximum absolute atomic E-state index is 13.1. The van der Waals surface area contributed by atoms with Crippen LogP contribution < -0.4 is 19.7 Å². The van der Waals surface area contributed by atoms with Crippen LogP contribution in [-0.4, -0.2) is 42.7 Å². The Labute approximate surface area is 218 Å². The second kappa shape index (κ2) is 10.1. The van der Waals surface area contributed by atoms with E-state index in [-0.39, 0.29) is 22.6 Å². The second-order valence-corrected chi connectivity index (χ2v) is 11.2. The van der Waals surface area contributed by atoms with Crippen LogP contribution in [0.2, 0.25) is 0 Å². The summed E-state index contributed by atoms with van der Waals surface area (Å²) in [6.07, 6.45) is -2.43. The maximum atomic E-state index is 13.1. The van der Waals surface area contributed by atoms with E-state index >= 15 is 0 Å². The number of rotatable bonds is 7. The molecule has 0 aliphatic carbocycles. The molecule has 3 heterocycles. The number of carbonyl (C=O) groups excluding carboxylic acids is 1. The first-order valence-corrected chi connectivity index (χ1v) is 13.1. The summed E-state index contributed by atoms with van der Waals surface area (Å²) in [6, 6.07) is 12.1. The predicted molar refractivity (Wildman–Crippen MR) is 135 cm³/mol. The minimum absolute atomic E-state index is 0.0272. The third-order valence-corrected chi connectivity index (χ3v) is 7.16. The summed E-state index contributed by atoms with van der Waals surface area (Å²) in [5.74, 6) is -0.535. The number of carbonyl (C=O) groups is 1. The van der Waals surface area contributed by atoms with Crippen molar-refractivity contribution in [3.8, 4) is 5.75 Å². The fourth-order valence-electron chi connectivity index (χ4n) is 4.53. The molecule has 1 fully saturated rings. The number of anilines is 3. The van der Waals surface area contributed by atoms with Gasteiger partial charge >= 0.3 is 6.36 Å². The highest BCUT2D eigenvalue weighted by molar-refractivity contribution is 7.90. The fraction of sp³-hybridized carbons (Fsp3) is 0.320. The Balaban J connectivity index is 1.54. The van der Waals surface area contributed by atoms with Gasteiger partial charge in [0.1, 0.15) is 17.4 Å². The average Bonchev–Trinajstić information content (AvgIpc) is 3.09. The number of ether oxygens (including phenoxy) is 1. The number of benzene rings is 1. The molecule has 202 valence electrons. The van der Waals surface area contributed by atoms with E-state index in [1.165, 1.54) is 36.4 Å². The monoisotopic (exact) mass is 549 g/mol. The van der Waals surface area contributed by atoms with Crippen molar-refractivity contribution in [1.29, 1.82) is 0 Å². The molecule has 2 aromatic heterocycles. The first-order chi connectivity index (χ1) is 17.7. The number of hydrogen-bond acceptors (Lipinski definition) is 8. The van der Waals surface area contributed by atoms with Gasteiger partial charge in [-0.15, -0.1) is 13.2 Å². The maximum Gasteiger partial charge on any atom is 0.573 e. The Morgan fingerprint density at radius 2 is 1.87 bits per heavy atom. The summed E-state index contributed by atoms with van der Waals surface area (Å²) in [7, 11) is -4.40. The molecule has 1 saturated heterocycles. The summed E-state index contributed by atoms with van der Waals surface area (Å²) in [5.41, 5.74) is 0.0142. The zero-order chi connectivity index (χ0) is 27.7. The van der Waals surface area contributed by atoms with Gasteiger partial charge in [-0.05, 0) is 62.6 Å². The molecule has 38 heavy (non-hydrogen) atoms. The van der Waals surface area contributed by atoms with Crippen molar-refractivity contribution in [1.82, 2.24) is 14.7 Å². The zero-order valence-corrected chi connectivity index (χ0v) is 21.6. The molecule has 1 unspecified atom stereocenters. The standard InChI is InChI=1S/C25H26F3N5O4S/c1-16-14-24(2,3)33(15-16)22-19(9-6-12-29-22)23(34)32-38(35,36)21-11-5-10-20(31-21)30-17-7-4-8-18(13-17)37-25(26,27)28/h4-13,16H,14-15H2,1-3H3,(H,30,31)(H,32,34). The number of alkyl halides is 3. The highest BCUT2D eigenvalue weighted by Gasteiger charge is 2.39. The van der Waals surface area contributed by atoms with Gasteiger partial charge in [0.2, 0.25) is 0 Å². The molecule has 3 aromatic rings. The first-order valence-electron chi connectivity index (χ1n) is 11.6. The van der Waals surface area contributed by atoms with E-state index in [1.807, 2.05) is 23.5 Å². The smallest absolute Gasteiger partial charge is 0.406 e. The number of nitrogens with one attached hydrogen (secondary N) is 2. The van der Waals surface area contributed by atoms with E-state index in [2.05, 4.69) is 26.9 Å². The number of aromatic nitrogens is 2. The normalized spacial score (nSPS) is 17.2. The lowest BCUT2D eigenvalue weighted by atomic mass is 9.97. The van der Waals surface area contributed by atoms with Crippen molar-refractivity contribution in [2.75, 3.05) is 16.8 Å². The Kier molecular flexibility index (Phi) is 7.24. The third-order valence-electron chi connectivity index (χ3n) is 5.93. The molecule has 1 aliphatic rings. The predicted octanol–water partition coefficient (Wildman–Crippen LogP) is 4.86. The van der Waals surface area contributed by atoms with Crippen LogP contribution in [0, 0.1) is 5.92 Å². The van der Waals surface area contributed by atoms with Crippen molar-refractivity contribution in [3.63, 3.8) is 0 Å². The average molecular weight is 550 g/mol. The van der Waals surface area contributed by atoms with E-state index in [0.29, 0.717) is 18.3 Å². The number of amides is 1. The lowest BCUT2D eigenvalue weighted by Gasteiger charge is -2.33. The number of halogens is 3. The van der Waals surface area contributed by atoms with E-state index in [4.69, 9.17) is 0 Å². The van der Waals surface area contributed by atoms with Crippen molar-refractivity contribution < 1.29 is 31.1 Å². The Bertz CT molecular complexity index is 1450. The van der Waals surface area contributed by atoms with Crippen LogP contribution in [-0.2, 0) is 10.0 Å². The van der Waals surface area contributed by atoms with Crippen molar-refractivity contribution in [2.45, 2.75) is 44.1 Å². The number of pyridine rings is 2. The molecule has 2 N–H and O–H groups in total. The second-order valence-electron chi connectivity index (χ2n) is 9.60. The zero-order valence-electron chi connectivity index (χ0n) is 20.8. The van der Waals surface area contributed by atoms with Gasteiger partial charge in [0.25, 0.3) is 15.9 Å². The van der Waals surface area contributed by atoms with Gasteiger partial charge in [-0.25, -0.2) is 14.7 Å². The summed E-state index contributed by atoms with van der Waals surface area (Å²) >= 11 is 0. The van der Waals surface area contributed by atoms with Gasteiger partial charge in [0, 0.05) is 30.0 Å². The molecule has 1 atom stereocenters. The minimum atomic E-state index is -4.86. The van der Waals surface area contributed by atoms with E-state index in [0.717, 1.165) is 18.6 Å². The number of nitrogens with zero attached hydrogens (tertiary/aromatic N) is 3. The summed E-state index contributed by atoms with van der Waals surface area (Å²) < 4.78 is 69.6. The minimum Gasteiger partial charge on any atom is -0.406 e. The van der Waals surface area contributed by atoms with Crippen molar-refractivity contribution in [3.05, 3.63) is 66.4 Å². The van der Waals surface area contributed by atoms with Crippen molar-refractivity contribution >= 4 is 33.3 Å². The molecular weight excluding hydrogens is 523 g/mol. The van der Waals surface area contributed by atoms with Crippen LogP contribution in [0.5, 0.6) is 5.75 Å². The molecule has 9 nitrogen and oxygen atoms in total. The Hall–Kier alpha value is -3.87. The SMILES string of the molecule is CC1CN(c2ncccc2C(=O)NS(=O)(=O)c2cccc(Nc3cccc(OC(F)(F)F)c3)n2)C(C)(C)C1. The molecule has 1 amide bonds. The van der Waals surface area contributed by atoms with Gasteiger partial charge in [0.05, 0.1) is 5.56 Å². The van der Waals surface area contributed by atoms with Crippen LogP contribution in [0.3, 0.4) is 0 Å². The topological polar surface area (TPSA) is 114 Å². The first kappa shape index (κ1) is 27.2. The quantitative estimate of drug-likeness (QED) is 0.430. The Morgan fingerprint density at radius 1 is 1.13 bits per heavy atom. The lowest BCUT2D eigenvalue weighted by molar-refractivity contribution is -0.274. The fourth-order valence-corrected chi connectivity index (χ4v) is 5.47. The molecule has 0 saturated carbocycles. The molecule has 0 bridgehead atoms. The van der Waals surface area contributed by atoms with Crippen LogP contribution in [0.4, 0.5) is 30.5 Å². The van der Waals surface area contributed by atoms with Gasteiger partial charge in [-0.1, -0.05) is 19.1 Å². The molecular formula is C25H26F3N5O4S. The van der Waals surface area contributed by atoms with E-state index in [1.54, 1.807) is 12.3 Å². The van der Waals surface area contributed by atoms with E-state index in [9.17, 15) is 26.4 Å². The van der Waals surface area contributed by atoms with Gasteiger partial charge in [-0.3, -0.25) is 4.79 Å². The third kappa shape index (κ3) is 6.33. The summed E-state index contributed by atoms with van der Waals surface area (Å²) in [4.78, 5) is 23.5. The van der Waals surface area contributed by atoms with Crippen molar-refractivity contribution in [2.24, 2.45) is 5.92 Å². The van der Waals surface area contributed by atoms with Crippen LogP contribution in [0.25, 0.3) is 0 Å². The molecule has 1 aromatic carbocycles. The van der Waals surface area contributed by atoms with Crippen LogP contribution in [0.1, 0.15) is 37.6 Å². The highest BCUT2D eigenvalue weighted by Crippen LogP contribution is 2.37. The Morgan fingerprint density at radius 3 is 2.55 bits per heavy atom. The van der Waals surface area contributed by atoms with Crippen LogP contribution in [0.15, 0.2) is 65.8 Å². The lowest BCUT2D eigenvalue weighted by Crippen LogP contribution is -2.41. The largest absolute Gasteiger partial charge is 0.573 e. The summed E-state index contributed by atoms with van der Waals surface area (Å²) in [6.45, 7) is 6.84. The molecule has 1 aliphatic heterocycles. The molecule has 0 spiro atoms. The van der Waals surface area contributed by atoms with Crippen LogP contribution >= 0.6 is 0 Å². The molecule has 4 rings (SSSR count). The van der Waals surface area contributed by atoms with Gasteiger partial charge in [-0.2, -0.15) is 8.42 Å². The van der Waals surface area contributed by atoms with Gasteiger partial charge < -0.3 is 15.0 Å². The van der Waals surface area contributed by atoms with E-state index < -0.39 is 33.1 Å². The number of hydrogen-bond donors (Lipinski definition) is 2. The number of sulfonamides is 1. The highest BCUT2D eigenvalue weighted by atomic mass is 32.2. The summed E-state index contributed by atoms with van der Waals surface area (Å²) in [5, 5.41) is 2.28. The molecule has 13 heteroatoms. The molecule has 0 radical (unpaired) electrons. The van der Waals surface area contributed by atoms with Gasteiger partial charge in [0.15, 0.2) is 5.03 Å².